The molecule has 0 aliphatic rings. The van der Waals surface area contributed by atoms with Gasteiger partial charge in [-0.2, -0.15) is 0 Å². The number of alkyl halides is 1. The summed E-state index contributed by atoms with van der Waals surface area (Å²) in [7, 11) is 0. The Morgan fingerprint density at radius 1 is 1.46 bits per heavy atom. The minimum absolute atomic E-state index is 0.0682. The maximum Gasteiger partial charge on any atom is 0.239 e. The van der Waals surface area contributed by atoms with Crippen molar-refractivity contribution in [2.24, 2.45) is 0 Å². The third kappa shape index (κ3) is 2.52. The summed E-state index contributed by atoms with van der Waals surface area (Å²) in [5.74, 6) is -0.858. The van der Waals surface area contributed by atoms with E-state index in [0.29, 0.717) is 0 Å². The van der Waals surface area contributed by atoms with Crippen LogP contribution in [0.15, 0.2) is 18.2 Å². The van der Waals surface area contributed by atoms with Gasteiger partial charge in [-0.15, -0.1) is 11.6 Å². The summed E-state index contributed by atoms with van der Waals surface area (Å²) in [5, 5.41) is 20.5. The van der Waals surface area contributed by atoms with Gasteiger partial charge < -0.3 is 15.5 Å². The molecule has 0 bridgehead atoms. The van der Waals surface area contributed by atoms with Crippen molar-refractivity contribution in [1.82, 2.24) is 0 Å². The molecule has 70 valence electrons. The quantitative estimate of drug-likeness (QED) is 0.384. The van der Waals surface area contributed by atoms with Crippen LogP contribution in [0.3, 0.4) is 0 Å². The van der Waals surface area contributed by atoms with Crippen molar-refractivity contribution < 1.29 is 15.0 Å². The number of halogens is 1. The van der Waals surface area contributed by atoms with Crippen LogP contribution in [-0.2, 0) is 4.79 Å². The van der Waals surface area contributed by atoms with Crippen molar-refractivity contribution in [3.63, 3.8) is 0 Å². The zero-order valence-corrected chi connectivity index (χ0v) is 7.38. The maximum atomic E-state index is 10.8. The Balaban J connectivity index is 2.83. The first-order valence-corrected chi connectivity index (χ1v) is 4.04. The maximum absolute atomic E-state index is 10.8. The number of rotatable bonds is 2. The minimum Gasteiger partial charge on any atom is -0.508 e. The molecule has 0 heterocycles. The molecule has 0 aliphatic heterocycles. The third-order valence-electron chi connectivity index (χ3n) is 1.38. The number of carbonyl (C=O) groups excluding carboxylic acids is 1. The highest BCUT2D eigenvalue weighted by Crippen LogP contribution is 2.26. The Kier molecular flexibility index (Phi) is 2.97. The number of phenols is 2. The lowest BCUT2D eigenvalue weighted by Gasteiger charge is -2.05. The molecule has 0 spiro atoms. The molecule has 0 saturated carbocycles. The average molecular weight is 202 g/mol. The number of hydrogen-bond acceptors (Lipinski definition) is 3. The van der Waals surface area contributed by atoms with Gasteiger partial charge in [-0.3, -0.25) is 4.79 Å². The molecule has 1 aromatic carbocycles. The predicted octanol–water partition coefficient (Wildman–Crippen LogP) is 1.28. The Bertz CT molecular complexity index is 327. The molecule has 5 heteroatoms. The van der Waals surface area contributed by atoms with Crippen molar-refractivity contribution in [3.05, 3.63) is 18.2 Å². The zero-order chi connectivity index (χ0) is 9.84. The standard InChI is InChI=1S/C8H8ClNO3/c9-4-8(13)10-6-2-1-5(11)3-7(6)12/h1-3,11-12H,4H2,(H,10,13). The van der Waals surface area contributed by atoms with Crippen LogP contribution in [0.2, 0.25) is 0 Å². The van der Waals surface area contributed by atoms with Crippen LogP contribution >= 0.6 is 11.6 Å². The molecule has 1 rings (SSSR count). The highest BCUT2D eigenvalue weighted by atomic mass is 35.5. The number of benzene rings is 1. The van der Waals surface area contributed by atoms with E-state index in [1.54, 1.807) is 0 Å². The van der Waals surface area contributed by atoms with E-state index in [1.165, 1.54) is 12.1 Å². The summed E-state index contributed by atoms with van der Waals surface area (Å²) in [6, 6.07) is 3.86. The predicted molar refractivity (Wildman–Crippen MR) is 49.1 cm³/mol. The first-order chi connectivity index (χ1) is 6.13. The average Bonchev–Trinajstić information content (AvgIpc) is 2.09. The molecule has 1 aromatic rings. The first kappa shape index (κ1) is 9.67. The van der Waals surface area contributed by atoms with Crippen LogP contribution in [0, 0.1) is 0 Å². The number of aromatic hydroxyl groups is 2. The van der Waals surface area contributed by atoms with Gasteiger partial charge >= 0.3 is 0 Å². The molecule has 0 aliphatic carbocycles. The van der Waals surface area contributed by atoms with Crippen molar-refractivity contribution in [2.75, 3.05) is 11.2 Å². The van der Waals surface area contributed by atoms with E-state index >= 15 is 0 Å². The number of nitrogens with one attached hydrogen (secondary N) is 1. The Hall–Kier alpha value is -1.42. The van der Waals surface area contributed by atoms with Gasteiger partial charge in [0.2, 0.25) is 5.91 Å². The SMILES string of the molecule is O=C(CCl)Nc1ccc(O)cc1O. The summed E-state index contributed by atoms with van der Waals surface area (Å²) in [5.41, 5.74) is 0.225. The number of phenolic OH excluding ortho intramolecular Hbond substituents is 2. The Morgan fingerprint density at radius 3 is 2.69 bits per heavy atom. The van der Waals surface area contributed by atoms with Gasteiger partial charge in [0, 0.05) is 6.07 Å². The van der Waals surface area contributed by atoms with E-state index in [0.717, 1.165) is 6.07 Å². The minimum atomic E-state index is -0.414. The fraction of sp³-hybridized carbons (Fsp3) is 0.125. The fourth-order valence-corrected chi connectivity index (χ4v) is 0.876. The number of hydrogen-bond donors (Lipinski definition) is 3. The second-order valence-corrected chi connectivity index (χ2v) is 2.65. The summed E-state index contributed by atoms with van der Waals surface area (Å²) in [6.07, 6.45) is 0. The molecule has 0 fully saturated rings. The van der Waals surface area contributed by atoms with E-state index < -0.39 is 5.91 Å². The third-order valence-corrected chi connectivity index (χ3v) is 1.62. The molecule has 0 unspecified atom stereocenters. The molecule has 0 atom stereocenters. The normalized spacial score (nSPS) is 9.62. The molecular weight excluding hydrogens is 194 g/mol. The molecule has 13 heavy (non-hydrogen) atoms. The van der Waals surface area contributed by atoms with Crippen molar-refractivity contribution in [3.8, 4) is 11.5 Å². The first-order valence-electron chi connectivity index (χ1n) is 3.51. The van der Waals surface area contributed by atoms with Crippen molar-refractivity contribution in [1.29, 1.82) is 0 Å². The molecule has 0 saturated heterocycles. The van der Waals surface area contributed by atoms with Gasteiger partial charge in [-0.25, -0.2) is 0 Å². The van der Waals surface area contributed by atoms with Gasteiger partial charge in [0.05, 0.1) is 5.69 Å². The van der Waals surface area contributed by atoms with E-state index in [-0.39, 0.29) is 23.1 Å². The zero-order valence-electron chi connectivity index (χ0n) is 6.62. The van der Waals surface area contributed by atoms with Gasteiger partial charge in [0.25, 0.3) is 0 Å². The lowest BCUT2D eigenvalue weighted by molar-refractivity contribution is -0.113. The molecule has 0 radical (unpaired) electrons. The lowest BCUT2D eigenvalue weighted by Crippen LogP contribution is -2.12. The number of amides is 1. The highest BCUT2D eigenvalue weighted by Gasteiger charge is 2.05. The van der Waals surface area contributed by atoms with E-state index in [2.05, 4.69) is 5.32 Å². The highest BCUT2D eigenvalue weighted by molar-refractivity contribution is 6.29. The smallest absolute Gasteiger partial charge is 0.239 e. The topological polar surface area (TPSA) is 69.6 Å². The van der Waals surface area contributed by atoms with E-state index in [4.69, 9.17) is 16.7 Å². The lowest BCUT2D eigenvalue weighted by atomic mass is 10.3. The van der Waals surface area contributed by atoms with Gasteiger partial charge in [0.15, 0.2) is 0 Å². The summed E-state index contributed by atoms with van der Waals surface area (Å²) < 4.78 is 0. The Morgan fingerprint density at radius 2 is 2.15 bits per heavy atom. The molecule has 0 aromatic heterocycles. The van der Waals surface area contributed by atoms with Gasteiger partial charge in [0.1, 0.15) is 17.4 Å². The Labute approximate surface area is 79.8 Å². The van der Waals surface area contributed by atoms with E-state index in [9.17, 15) is 9.90 Å². The van der Waals surface area contributed by atoms with E-state index in [1.807, 2.05) is 0 Å². The van der Waals surface area contributed by atoms with Crippen LogP contribution < -0.4 is 5.32 Å². The van der Waals surface area contributed by atoms with Crippen molar-refractivity contribution >= 4 is 23.2 Å². The largest absolute Gasteiger partial charge is 0.508 e. The molecule has 1 amide bonds. The number of carbonyl (C=O) groups is 1. The monoisotopic (exact) mass is 201 g/mol. The second kappa shape index (κ2) is 4.00. The molecular formula is C8H8ClNO3. The van der Waals surface area contributed by atoms with Gasteiger partial charge in [-0.1, -0.05) is 0 Å². The molecule has 4 nitrogen and oxygen atoms in total. The second-order valence-electron chi connectivity index (χ2n) is 2.38. The van der Waals surface area contributed by atoms with Crippen LogP contribution in [0.4, 0.5) is 5.69 Å². The summed E-state index contributed by atoms with van der Waals surface area (Å²) in [6.45, 7) is 0. The van der Waals surface area contributed by atoms with Crippen LogP contribution in [-0.4, -0.2) is 22.0 Å². The van der Waals surface area contributed by atoms with Crippen LogP contribution in [0.1, 0.15) is 0 Å². The van der Waals surface area contributed by atoms with Crippen molar-refractivity contribution in [2.45, 2.75) is 0 Å². The summed E-state index contributed by atoms with van der Waals surface area (Å²) >= 11 is 5.24. The van der Waals surface area contributed by atoms with Crippen LogP contribution in [0.5, 0.6) is 11.5 Å². The number of anilines is 1. The fourth-order valence-electron chi connectivity index (χ4n) is 0.809. The summed E-state index contributed by atoms with van der Waals surface area (Å²) in [4.78, 5) is 10.8. The molecule has 3 N–H and O–H groups in total. The van der Waals surface area contributed by atoms with Gasteiger partial charge in [-0.05, 0) is 12.1 Å². The van der Waals surface area contributed by atoms with Crippen LogP contribution in [0.25, 0.3) is 0 Å².